The Bertz CT molecular complexity index is 627. The Morgan fingerprint density at radius 2 is 1.94 bits per heavy atom. The molecular weight excluding hydrogens is 224 g/mol. The molecule has 1 aromatic carbocycles. The summed E-state index contributed by atoms with van der Waals surface area (Å²) in [6, 6.07) is 9.90. The van der Waals surface area contributed by atoms with Crippen molar-refractivity contribution in [3.05, 3.63) is 47.3 Å². The van der Waals surface area contributed by atoms with Crippen molar-refractivity contribution in [2.75, 3.05) is 7.11 Å². The van der Waals surface area contributed by atoms with Gasteiger partial charge in [0.25, 0.3) is 0 Å². The summed E-state index contributed by atoms with van der Waals surface area (Å²) in [6.07, 6.45) is 1.66. The minimum absolute atomic E-state index is 0.461. The number of pyridine rings is 1. The first kappa shape index (κ1) is 12.1. The molecule has 0 aliphatic rings. The van der Waals surface area contributed by atoms with Crippen molar-refractivity contribution in [2.45, 2.75) is 13.8 Å². The number of hydrogen-bond acceptors (Lipinski definition) is 3. The van der Waals surface area contributed by atoms with Crippen molar-refractivity contribution >= 4 is 0 Å². The summed E-state index contributed by atoms with van der Waals surface area (Å²) in [5, 5.41) is 9.16. The van der Waals surface area contributed by atoms with E-state index in [9.17, 15) is 0 Å². The van der Waals surface area contributed by atoms with Gasteiger partial charge in [0, 0.05) is 11.8 Å². The van der Waals surface area contributed by atoms with Crippen LogP contribution >= 0.6 is 0 Å². The van der Waals surface area contributed by atoms with E-state index in [4.69, 9.17) is 10.00 Å². The molecule has 18 heavy (non-hydrogen) atoms. The van der Waals surface area contributed by atoms with Gasteiger partial charge in [0.05, 0.1) is 7.11 Å². The van der Waals surface area contributed by atoms with Crippen molar-refractivity contribution in [1.82, 2.24) is 4.98 Å². The highest BCUT2D eigenvalue weighted by Gasteiger charge is 2.11. The smallest absolute Gasteiger partial charge is 0.148 e. The van der Waals surface area contributed by atoms with Gasteiger partial charge in [-0.05, 0) is 48.7 Å². The molecule has 2 rings (SSSR count). The van der Waals surface area contributed by atoms with E-state index < -0.39 is 0 Å². The maximum Gasteiger partial charge on any atom is 0.148 e. The second-order valence-electron chi connectivity index (χ2n) is 4.14. The molecule has 0 aliphatic heterocycles. The molecule has 0 unspecified atom stereocenters. The van der Waals surface area contributed by atoms with E-state index in [2.05, 4.69) is 11.1 Å². The Morgan fingerprint density at radius 3 is 2.56 bits per heavy atom. The van der Waals surface area contributed by atoms with Gasteiger partial charge in [-0.2, -0.15) is 5.26 Å². The van der Waals surface area contributed by atoms with Crippen LogP contribution in [0.3, 0.4) is 0 Å². The summed E-state index contributed by atoms with van der Waals surface area (Å²) in [7, 11) is 1.64. The van der Waals surface area contributed by atoms with E-state index in [0.29, 0.717) is 5.69 Å². The normalized spacial score (nSPS) is 9.89. The van der Waals surface area contributed by atoms with Gasteiger partial charge in [-0.3, -0.25) is 0 Å². The number of aromatic nitrogens is 1. The lowest BCUT2D eigenvalue weighted by Crippen LogP contribution is -1.95. The molecule has 2 aromatic rings. The average molecular weight is 238 g/mol. The van der Waals surface area contributed by atoms with Crippen molar-refractivity contribution in [1.29, 1.82) is 5.26 Å². The molecule has 1 heterocycles. The molecule has 1 aromatic heterocycles. The first-order valence-electron chi connectivity index (χ1n) is 5.68. The van der Waals surface area contributed by atoms with Gasteiger partial charge in [0.15, 0.2) is 0 Å². The van der Waals surface area contributed by atoms with E-state index in [1.807, 2.05) is 38.1 Å². The quantitative estimate of drug-likeness (QED) is 0.806. The molecule has 0 amide bonds. The molecule has 0 bridgehead atoms. The Balaban J connectivity index is 2.66. The number of ether oxygens (including phenoxy) is 1. The largest absolute Gasteiger partial charge is 0.497 e. The van der Waals surface area contributed by atoms with Gasteiger partial charge in [-0.15, -0.1) is 0 Å². The predicted octanol–water partition coefficient (Wildman–Crippen LogP) is 3.25. The van der Waals surface area contributed by atoms with Crippen LogP contribution in [0.1, 0.15) is 16.8 Å². The van der Waals surface area contributed by atoms with Gasteiger partial charge in [0.2, 0.25) is 0 Å². The minimum atomic E-state index is 0.461. The van der Waals surface area contributed by atoms with E-state index in [-0.39, 0.29) is 0 Å². The SMILES string of the molecule is COc1ccc(-c2c(C)ccnc2C#N)c(C)c1. The summed E-state index contributed by atoms with van der Waals surface area (Å²) in [6.45, 7) is 3.99. The van der Waals surface area contributed by atoms with Gasteiger partial charge in [0.1, 0.15) is 17.5 Å². The topological polar surface area (TPSA) is 45.9 Å². The first-order valence-corrected chi connectivity index (χ1v) is 5.68. The number of aryl methyl sites for hydroxylation is 2. The van der Waals surface area contributed by atoms with Crippen molar-refractivity contribution in [3.8, 4) is 22.9 Å². The van der Waals surface area contributed by atoms with Crippen molar-refractivity contribution in [2.24, 2.45) is 0 Å². The third-order valence-electron chi connectivity index (χ3n) is 2.97. The standard InChI is InChI=1S/C15H14N2O/c1-10-6-7-17-14(9-16)15(10)13-5-4-12(18-3)8-11(13)2/h4-8H,1-3H3. The maximum absolute atomic E-state index is 9.16. The Kier molecular flexibility index (Phi) is 3.29. The van der Waals surface area contributed by atoms with Crippen LogP contribution in [-0.2, 0) is 0 Å². The van der Waals surface area contributed by atoms with Crippen LogP contribution in [0.25, 0.3) is 11.1 Å². The third kappa shape index (κ3) is 2.05. The molecule has 0 aliphatic carbocycles. The fourth-order valence-electron chi connectivity index (χ4n) is 2.03. The second-order valence-corrected chi connectivity index (χ2v) is 4.14. The minimum Gasteiger partial charge on any atom is -0.497 e. The summed E-state index contributed by atoms with van der Waals surface area (Å²) in [5.41, 5.74) is 4.51. The van der Waals surface area contributed by atoms with Gasteiger partial charge in [-0.25, -0.2) is 4.98 Å². The molecule has 0 N–H and O–H groups in total. The molecule has 3 nitrogen and oxygen atoms in total. The van der Waals surface area contributed by atoms with Gasteiger partial charge < -0.3 is 4.74 Å². The number of nitriles is 1. The summed E-state index contributed by atoms with van der Waals surface area (Å²) in [4.78, 5) is 4.13. The Labute approximate surface area is 107 Å². The highest BCUT2D eigenvalue weighted by Crippen LogP contribution is 2.30. The third-order valence-corrected chi connectivity index (χ3v) is 2.97. The molecule has 90 valence electrons. The van der Waals surface area contributed by atoms with Crippen molar-refractivity contribution in [3.63, 3.8) is 0 Å². The molecule has 3 heteroatoms. The van der Waals surface area contributed by atoms with E-state index in [0.717, 1.165) is 28.0 Å². The van der Waals surface area contributed by atoms with Gasteiger partial charge >= 0.3 is 0 Å². The van der Waals surface area contributed by atoms with Crippen LogP contribution in [0, 0.1) is 25.2 Å². The van der Waals surface area contributed by atoms with Crippen LogP contribution < -0.4 is 4.74 Å². The molecule has 0 spiro atoms. The average Bonchev–Trinajstić information content (AvgIpc) is 2.39. The first-order chi connectivity index (χ1) is 8.67. The Morgan fingerprint density at radius 1 is 1.17 bits per heavy atom. The highest BCUT2D eigenvalue weighted by molar-refractivity contribution is 5.75. The lowest BCUT2D eigenvalue weighted by Gasteiger charge is -2.11. The fraction of sp³-hybridized carbons (Fsp3) is 0.200. The molecule has 0 saturated heterocycles. The second kappa shape index (κ2) is 4.89. The van der Waals surface area contributed by atoms with Crippen LogP contribution in [0.15, 0.2) is 30.5 Å². The zero-order chi connectivity index (χ0) is 13.1. The summed E-state index contributed by atoms with van der Waals surface area (Å²) in [5.74, 6) is 0.816. The molecular formula is C15H14N2O. The van der Waals surface area contributed by atoms with Crippen LogP contribution in [0.4, 0.5) is 0 Å². The van der Waals surface area contributed by atoms with Gasteiger partial charge in [-0.1, -0.05) is 6.07 Å². The van der Waals surface area contributed by atoms with E-state index >= 15 is 0 Å². The molecule has 0 fully saturated rings. The predicted molar refractivity (Wildman–Crippen MR) is 70.4 cm³/mol. The zero-order valence-corrected chi connectivity index (χ0v) is 10.7. The highest BCUT2D eigenvalue weighted by atomic mass is 16.5. The molecule has 0 atom stereocenters. The summed E-state index contributed by atoms with van der Waals surface area (Å²) >= 11 is 0. The number of benzene rings is 1. The monoisotopic (exact) mass is 238 g/mol. The van der Waals surface area contributed by atoms with Crippen LogP contribution in [0.5, 0.6) is 5.75 Å². The zero-order valence-electron chi connectivity index (χ0n) is 10.7. The molecule has 0 radical (unpaired) electrons. The number of rotatable bonds is 2. The number of methoxy groups -OCH3 is 1. The number of nitrogens with zero attached hydrogens (tertiary/aromatic N) is 2. The fourth-order valence-corrected chi connectivity index (χ4v) is 2.03. The lowest BCUT2D eigenvalue weighted by molar-refractivity contribution is 0.414. The maximum atomic E-state index is 9.16. The van der Waals surface area contributed by atoms with E-state index in [1.165, 1.54) is 0 Å². The van der Waals surface area contributed by atoms with E-state index in [1.54, 1.807) is 13.3 Å². The van der Waals surface area contributed by atoms with Crippen LogP contribution in [-0.4, -0.2) is 12.1 Å². The van der Waals surface area contributed by atoms with Crippen LogP contribution in [0.2, 0.25) is 0 Å². The lowest BCUT2D eigenvalue weighted by atomic mass is 9.95. The molecule has 0 saturated carbocycles. The Hall–Kier alpha value is -2.34. The summed E-state index contributed by atoms with van der Waals surface area (Å²) < 4.78 is 5.19. The number of hydrogen-bond donors (Lipinski definition) is 0. The van der Waals surface area contributed by atoms with Crippen molar-refractivity contribution < 1.29 is 4.74 Å².